The third-order valence-corrected chi connectivity index (χ3v) is 4.91. The number of nitrogens with one attached hydrogen (secondary N) is 1. The fourth-order valence-electron chi connectivity index (χ4n) is 3.04. The molecule has 0 radical (unpaired) electrons. The van der Waals surface area contributed by atoms with Crippen molar-refractivity contribution in [3.63, 3.8) is 0 Å². The molecule has 2 aliphatic heterocycles. The van der Waals surface area contributed by atoms with E-state index in [0.717, 1.165) is 17.0 Å². The number of amidine groups is 2. The Balaban J connectivity index is 1.79. The molecule has 0 bridgehead atoms. The third kappa shape index (κ3) is 2.59. The second kappa shape index (κ2) is 6.06. The van der Waals surface area contributed by atoms with Gasteiger partial charge < -0.3 is 4.57 Å². The monoisotopic (exact) mass is 367 g/mol. The minimum Gasteiger partial charge on any atom is -0.318 e. The molecular weight excluding hydrogens is 353 g/mol. The summed E-state index contributed by atoms with van der Waals surface area (Å²) >= 11 is 1.21. The molecule has 130 valence electrons. The van der Waals surface area contributed by atoms with Gasteiger partial charge in [0.15, 0.2) is 11.0 Å². The highest BCUT2D eigenvalue weighted by atomic mass is 32.2. The first-order valence-corrected chi connectivity index (χ1v) is 8.71. The van der Waals surface area contributed by atoms with Gasteiger partial charge in [0, 0.05) is 17.1 Å². The van der Waals surface area contributed by atoms with Crippen LogP contribution in [-0.2, 0) is 4.79 Å². The van der Waals surface area contributed by atoms with Crippen LogP contribution in [0.1, 0.15) is 17.0 Å². The van der Waals surface area contributed by atoms with Gasteiger partial charge >= 0.3 is 0 Å². The Hall–Kier alpha value is -3.00. The lowest BCUT2D eigenvalue weighted by Gasteiger charge is -2.20. The van der Waals surface area contributed by atoms with Crippen LogP contribution < -0.4 is 0 Å². The highest BCUT2D eigenvalue weighted by Gasteiger charge is 2.32. The van der Waals surface area contributed by atoms with Gasteiger partial charge in [-0.3, -0.25) is 10.2 Å². The van der Waals surface area contributed by atoms with Crippen LogP contribution in [0.15, 0.2) is 46.0 Å². The molecule has 0 saturated heterocycles. The lowest BCUT2D eigenvalue weighted by atomic mass is 10.1. The van der Waals surface area contributed by atoms with Crippen LogP contribution in [0.3, 0.4) is 0 Å². The van der Waals surface area contributed by atoms with Crippen molar-refractivity contribution in [1.29, 1.82) is 5.41 Å². The molecule has 1 N–H and O–H groups in total. The minimum absolute atomic E-state index is 0.00295. The number of fused-ring (bicyclic) bond motifs is 1. The number of thioether (sulfide) groups is 1. The van der Waals surface area contributed by atoms with E-state index in [1.54, 1.807) is 17.7 Å². The summed E-state index contributed by atoms with van der Waals surface area (Å²) in [5, 5.41) is 14.0. The van der Waals surface area contributed by atoms with Crippen molar-refractivity contribution < 1.29 is 9.18 Å². The number of aliphatic imine (C=N–C) groups is 1. The lowest BCUT2D eigenvalue weighted by molar-refractivity contribution is -0.114. The van der Waals surface area contributed by atoms with E-state index in [2.05, 4.69) is 10.1 Å². The average Bonchev–Trinajstić information content (AvgIpc) is 3.16. The maximum Gasteiger partial charge on any atom is 0.283 e. The first-order chi connectivity index (χ1) is 12.5. The molecular formula is C18H14FN5OS. The molecule has 1 aromatic carbocycles. The largest absolute Gasteiger partial charge is 0.318 e. The number of carbonyl (C=O) groups is 1. The van der Waals surface area contributed by atoms with Gasteiger partial charge in [0.25, 0.3) is 5.91 Å². The number of nitrogens with zero attached hydrogens (tertiary/aromatic N) is 4. The van der Waals surface area contributed by atoms with Crippen molar-refractivity contribution in [1.82, 2.24) is 9.58 Å². The number of amides is 1. The van der Waals surface area contributed by atoms with Crippen LogP contribution in [0.25, 0.3) is 11.8 Å². The number of aryl methyl sites for hydroxylation is 1. The Morgan fingerprint density at radius 1 is 1.27 bits per heavy atom. The fourth-order valence-corrected chi connectivity index (χ4v) is 3.65. The molecule has 6 nitrogen and oxygen atoms in total. The topological polar surface area (TPSA) is 73.8 Å². The van der Waals surface area contributed by atoms with Crippen molar-refractivity contribution in [2.24, 2.45) is 10.1 Å². The van der Waals surface area contributed by atoms with E-state index in [9.17, 15) is 9.18 Å². The van der Waals surface area contributed by atoms with Crippen LogP contribution >= 0.6 is 11.8 Å². The zero-order chi connectivity index (χ0) is 18.4. The number of benzene rings is 1. The van der Waals surface area contributed by atoms with E-state index in [4.69, 9.17) is 5.41 Å². The Morgan fingerprint density at radius 3 is 2.85 bits per heavy atom. The van der Waals surface area contributed by atoms with E-state index >= 15 is 0 Å². The van der Waals surface area contributed by atoms with Crippen LogP contribution in [0.5, 0.6) is 0 Å². The van der Waals surface area contributed by atoms with Gasteiger partial charge in [0.05, 0.1) is 11.1 Å². The smallest absolute Gasteiger partial charge is 0.283 e. The van der Waals surface area contributed by atoms with E-state index in [1.807, 2.05) is 30.5 Å². The molecule has 0 fully saturated rings. The lowest BCUT2D eigenvalue weighted by Crippen LogP contribution is -2.35. The number of halogens is 1. The van der Waals surface area contributed by atoms with Gasteiger partial charge in [-0.05, 0) is 61.5 Å². The van der Waals surface area contributed by atoms with Crippen LogP contribution in [0.4, 0.5) is 4.39 Å². The summed E-state index contributed by atoms with van der Waals surface area (Å²) < 4.78 is 15.5. The summed E-state index contributed by atoms with van der Waals surface area (Å²) in [6.07, 6.45) is 1.64. The molecule has 4 rings (SSSR count). The van der Waals surface area contributed by atoms with Gasteiger partial charge in [0.2, 0.25) is 0 Å². The molecule has 1 aromatic heterocycles. The summed E-state index contributed by atoms with van der Waals surface area (Å²) in [5.41, 5.74) is 4.93. The van der Waals surface area contributed by atoms with Gasteiger partial charge in [0.1, 0.15) is 5.82 Å². The second-order valence-electron chi connectivity index (χ2n) is 5.90. The molecule has 0 aliphatic carbocycles. The van der Waals surface area contributed by atoms with Gasteiger partial charge in [-0.15, -0.1) is 0 Å². The predicted octanol–water partition coefficient (Wildman–Crippen LogP) is 3.48. The summed E-state index contributed by atoms with van der Waals surface area (Å²) in [6, 6.07) is 8.22. The third-order valence-electron chi connectivity index (χ3n) is 4.23. The second-order valence-corrected chi connectivity index (χ2v) is 6.71. The first kappa shape index (κ1) is 16.5. The zero-order valence-electron chi connectivity index (χ0n) is 14.0. The molecule has 1 amide bonds. The van der Waals surface area contributed by atoms with E-state index in [1.165, 1.54) is 28.9 Å². The summed E-state index contributed by atoms with van der Waals surface area (Å²) in [7, 11) is 0. The number of hydrazone groups is 1. The van der Waals surface area contributed by atoms with Crippen molar-refractivity contribution in [2.75, 3.05) is 0 Å². The molecule has 0 atom stereocenters. The number of rotatable bonds is 2. The maximum atomic E-state index is 13.6. The zero-order valence-corrected chi connectivity index (χ0v) is 14.8. The Kier molecular flexibility index (Phi) is 3.84. The number of aromatic nitrogens is 1. The van der Waals surface area contributed by atoms with E-state index in [0.29, 0.717) is 10.9 Å². The molecule has 2 aromatic rings. The van der Waals surface area contributed by atoms with Crippen LogP contribution in [-0.4, -0.2) is 32.0 Å². The highest BCUT2D eigenvalue weighted by Crippen LogP contribution is 2.27. The Bertz CT molecular complexity index is 1050. The first-order valence-electron chi connectivity index (χ1n) is 7.83. The van der Waals surface area contributed by atoms with Gasteiger partial charge in [-0.25, -0.2) is 4.39 Å². The summed E-state index contributed by atoms with van der Waals surface area (Å²) in [4.78, 5) is 16.3. The normalized spacial score (nSPS) is 17.9. The van der Waals surface area contributed by atoms with Crippen LogP contribution in [0, 0.1) is 25.1 Å². The summed E-state index contributed by atoms with van der Waals surface area (Å²) in [6.45, 7) is 3.80. The van der Waals surface area contributed by atoms with E-state index < -0.39 is 5.91 Å². The molecule has 0 unspecified atom stereocenters. The number of hydrogen-bond acceptors (Lipinski definition) is 4. The maximum absolute atomic E-state index is 13.6. The predicted molar refractivity (Wildman–Crippen MR) is 101 cm³/mol. The molecule has 26 heavy (non-hydrogen) atoms. The quantitative estimate of drug-likeness (QED) is 0.826. The average molecular weight is 367 g/mol. The van der Waals surface area contributed by atoms with Crippen molar-refractivity contribution in [3.8, 4) is 5.69 Å². The fraction of sp³-hybridized carbons (Fsp3) is 0.111. The Labute approximate surface area is 153 Å². The number of hydrogen-bond donors (Lipinski definition) is 1. The molecule has 3 heterocycles. The van der Waals surface area contributed by atoms with Crippen LogP contribution in [0.2, 0.25) is 0 Å². The standard InChI is InChI=1S/C18H14FN5OS/c1-10-6-12(11(2)23(10)14-5-3-4-13(19)8-14)7-15-16(20)24-18(22-17(15)25)26-9-21-24/h3-9,20H,1-2H3/b15-7-,20-16?. The van der Waals surface area contributed by atoms with Gasteiger partial charge in [-0.1, -0.05) is 6.07 Å². The minimum atomic E-state index is -0.463. The van der Waals surface area contributed by atoms with E-state index in [-0.39, 0.29) is 17.2 Å². The molecule has 0 spiro atoms. The van der Waals surface area contributed by atoms with Crippen molar-refractivity contribution in [2.45, 2.75) is 13.8 Å². The number of carbonyl (C=O) groups excluding carboxylic acids is 1. The Morgan fingerprint density at radius 2 is 2.08 bits per heavy atom. The summed E-state index contributed by atoms with van der Waals surface area (Å²) in [5.74, 6) is -0.781. The highest BCUT2D eigenvalue weighted by molar-refractivity contribution is 8.25. The molecule has 2 aliphatic rings. The van der Waals surface area contributed by atoms with Crippen molar-refractivity contribution in [3.05, 3.63) is 58.7 Å². The molecule has 0 saturated carbocycles. The van der Waals surface area contributed by atoms with Crippen molar-refractivity contribution >= 4 is 40.3 Å². The van der Waals surface area contributed by atoms with Gasteiger partial charge in [-0.2, -0.15) is 15.1 Å². The molecule has 8 heteroatoms. The SMILES string of the molecule is Cc1cc(/C=C2/C(=N)N3N=CSC3=NC2=O)c(C)n1-c1cccc(F)c1.